The van der Waals surface area contributed by atoms with Crippen LogP contribution in [0.2, 0.25) is 10.0 Å². The van der Waals surface area contributed by atoms with Gasteiger partial charge in [-0.1, -0.05) is 23.2 Å². The quantitative estimate of drug-likeness (QED) is 0.658. The number of nitrogens with two attached hydrogens (primary N) is 1. The normalized spacial score (nSPS) is 15.6. The van der Waals surface area contributed by atoms with E-state index in [0.29, 0.717) is 21.9 Å². The van der Waals surface area contributed by atoms with Crippen LogP contribution in [0.4, 0.5) is 11.8 Å². The molecule has 0 radical (unpaired) electrons. The van der Waals surface area contributed by atoms with Gasteiger partial charge in [0.1, 0.15) is 5.82 Å². The van der Waals surface area contributed by atoms with Crippen molar-refractivity contribution in [3.8, 4) is 5.82 Å². The van der Waals surface area contributed by atoms with Crippen molar-refractivity contribution in [1.29, 1.82) is 0 Å². The van der Waals surface area contributed by atoms with Crippen molar-refractivity contribution in [2.24, 2.45) is 0 Å². The third-order valence-electron chi connectivity index (χ3n) is 4.74. The van der Waals surface area contributed by atoms with Crippen molar-refractivity contribution >= 4 is 35.0 Å². The van der Waals surface area contributed by atoms with Crippen molar-refractivity contribution < 1.29 is 0 Å². The van der Waals surface area contributed by atoms with Crippen molar-refractivity contribution in [2.75, 3.05) is 24.1 Å². The number of benzene rings is 1. The Morgan fingerprint density at radius 2 is 1.82 bits per heavy atom. The van der Waals surface area contributed by atoms with E-state index < -0.39 is 0 Å². The van der Waals surface area contributed by atoms with Gasteiger partial charge >= 0.3 is 0 Å². The van der Waals surface area contributed by atoms with Gasteiger partial charge in [0.15, 0.2) is 5.82 Å². The highest BCUT2D eigenvalue weighted by molar-refractivity contribution is 6.34. The second-order valence-electron chi connectivity index (χ2n) is 6.89. The predicted octanol–water partition coefficient (Wildman–Crippen LogP) is 3.63. The van der Waals surface area contributed by atoms with E-state index >= 15 is 0 Å². The molecule has 4 rings (SSSR count). The van der Waals surface area contributed by atoms with Gasteiger partial charge in [-0.15, -0.1) is 0 Å². The summed E-state index contributed by atoms with van der Waals surface area (Å²) in [5.74, 6) is 1.60. The number of piperidine rings is 1. The van der Waals surface area contributed by atoms with Crippen molar-refractivity contribution in [1.82, 2.24) is 24.6 Å². The highest BCUT2D eigenvalue weighted by Crippen LogP contribution is 2.23. The van der Waals surface area contributed by atoms with E-state index in [9.17, 15) is 0 Å². The van der Waals surface area contributed by atoms with Gasteiger partial charge in [0.05, 0.1) is 0 Å². The molecule has 0 aliphatic carbocycles. The molecule has 1 saturated heterocycles. The van der Waals surface area contributed by atoms with E-state index in [1.807, 2.05) is 30.5 Å². The lowest BCUT2D eigenvalue weighted by atomic mass is 10.0. The van der Waals surface area contributed by atoms with Crippen molar-refractivity contribution in [3.05, 3.63) is 58.3 Å². The molecular weight excluding hydrogens is 397 g/mol. The van der Waals surface area contributed by atoms with Crippen LogP contribution in [0.3, 0.4) is 0 Å². The Morgan fingerprint density at radius 3 is 2.50 bits per heavy atom. The number of aromatic nitrogens is 4. The summed E-state index contributed by atoms with van der Waals surface area (Å²) in [5, 5.41) is 9.03. The number of nitrogens with zero attached hydrogens (tertiary/aromatic N) is 5. The molecule has 0 atom stereocenters. The fourth-order valence-electron chi connectivity index (χ4n) is 3.45. The average Bonchev–Trinajstić information content (AvgIpc) is 3.17. The van der Waals surface area contributed by atoms with E-state index in [2.05, 4.69) is 25.3 Å². The number of halogens is 2. The first-order chi connectivity index (χ1) is 13.5. The maximum Gasteiger partial charge on any atom is 0.224 e. The number of rotatable bonds is 5. The smallest absolute Gasteiger partial charge is 0.224 e. The van der Waals surface area contributed by atoms with Gasteiger partial charge in [-0.2, -0.15) is 15.1 Å². The molecule has 146 valence electrons. The summed E-state index contributed by atoms with van der Waals surface area (Å²) in [6, 6.07) is 9.74. The number of anilines is 2. The summed E-state index contributed by atoms with van der Waals surface area (Å²) in [4.78, 5) is 11.0. The Bertz CT molecular complexity index is 917. The third kappa shape index (κ3) is 4.73. The molecule has 28 heavy (non-hydrogen) atoms. The molecular formula is C19H21Cl2N7. The van der Waals surface area contributed by atoms with E-state index in [1.165, 1.54) is 0 Å². The molecule has 0 bridgehead atoms. The van der Waals surface area contributed by atoms with Gasteiger partial charge in [0, 0.05) is 54.2 Å². The van der Waals surface area contributed by atoms with Crippen LogP contribution in [-0.2, 0) is 6.54 Å². The molecule has 1 aliphatic rings. The summed E-state index contributed by atoms with van der Waals surface area (Å²) in [5.41, 5.74) is 7.01. The summed E-state index contributed by atoms with van der Waals surface area (Å²) in [6.45, 7) is 2.81. The third-order valence-corrected chi connectivity index (χ3v) is 5.17. The lowest BCUT2D eigenvalue weighted by molar-refractivity contribution is 0.211. The van der Waals surface area contributed by atoms with E-state index in [1.54, 1.807) is 16.9 Å². The molecule has 0 spiro atoms. The summed E-state index contributed by atoms with van der Waals surface area (Å²) in [6.07, 6.45) is 5.55. The number of hydrogen-bond donors (Lipinski definition) is 2. The van der Waals surface area contributed by atoms with Crippen LogP contribution >= 0.6 is 23.2 Å². The van der Waals surface area contributed by atoms with Crippen molar-refractivity contribution in [3.63, 3.8) is 0 Å². The Balaban J connectivity index is 1.36. The lowest BCUT2D eigenvalue weighted by Crippen LogP contribution is -2.38. The molecule has 7 nitrogen and oxygen atoms in total. The highest BCUT2D eigenvalue weighted by Gasteiger charge is 2.20. The Kier molecular flexibility index (Phi) is 5.66. The standard InChI is InChI=1S/C19H21Cl2N7/c20-14-8-13(9-15(21)10-14)12-27-6-2-16(3-7-27)24-17-11-18(26-19(22)25-17)28-5-1-4-23-28/h1,4-5,8-11,16H,2-3,6-7,12H2,(H3,22,24,25,26). The molecule has 1 fully saturated rings. The lowest BCUT2D eigenvalue weighted by Gasteiger charge is -2.32. The Morgan fingerprint density at radius 1 is 1.07 bits per heavy atom. The molecule has 2 aromatic heterocycles. The largest absolute Gasteiger partial charge is 0.368 e. The summed E-state index contributed by atoms with van der Waals surface area (Å²) in [7, 11) is 0. The maximum atomic E-state index is 6.10. The monoisotopic (exact) mass is 417 g/mol. The number of likely N-dealkylation sites (tertiary alicyclic amines) is 1. The molecule has 0 amide bonds. The predicted molar refractivity (Wildman–Crippen MR) is 112 cm³/mol. The van der Waals surface area contributed by atoms with Gasteiger partial charge in [0.2, 0.25) is 5.95 Å². The molecule has 1 aromatic carbocycles. The van der Waals surface area contributed by atoms with Gasteiger partial charge in [0.25, 0.3) is 0 Å². The van der Waals surface area contributed by atoms with Gasteiger partial charge < -0.3 is 11.1 Å². The maximum absolute atomic E-state index is 6.10. The highest BCUT2D eigenvalue weighted by atomic mass is 35.5. The zero-order chi connectivity index (χ0) is 19.5. The average molecular weight is 418 g/mol. The Hall–Kier alpha value is -2.35. The van der Waals surface area contributed by atoms with Crippen LogP contribution in [0.25, 0.3) is 5.82 Å². The molecule has 0 saturated carbocycles. The molecule has 3 aromatic rings. The fourth-order valence-corrected chi connectivity index (χ4v) is 4.02. The molecule has 3 heterocycles. The minimum absolute atomic E-state index is 0.228. The molecule has 3 N–H and O–H groups in total. The first-order valence-corrected chi connectivity index (χ1v) is 9.89. The first-order valence-electron chi connectivity index (χ1n) is 9.13. The molecule has 9 heteroatoms. The van der Waals surface area contributed by atoms with E-state index in [-0.39, 0.29) is 5.95 Å². The Labute approximate surface area is 173 Å². The second-order valence-corrected chi connectivity index (χ2v) is 7.77. The zero-order valence-corrected chi connectivity index (χ0v) is 16.7. The van der Waals surface area contributed by atoms with Crippen LogP contribution in [0, 0.1) is 0 Å². The second kappa shape index (κ2) is 8.34. The minimum atomic E-state index is 0.228. The SMILES string of the molecule is Nc1nc(NC2CCN(Cc3cc(Cl)cc(Cl)c3)CC2)cc(-n2cccn2)n1. The first kappa shape index (κ1) is 19.0. The van der Waals surface area contributed by atoms with Crippen LogP contribution < -0.4 is 11.1 Å². The minimum Gasteiger partial charge on any atom is -0.368 e. The molecule has 1 aliphatic heterocycles. The van der Waals surface area contributed by atoms with Gasteiger partial charge in [-0.05, 0) is 42.7 Å². The summed E-state index contributed by atoms with van der Waals surface area (Å²) < 4.78 is 1.67. The number of nitrogen functional groups attached to an aromatic ring is 1. The van der Waals surface area contributed by atoms with E-state index in [0.717, 1.165) is 43.9 Å². The topological polar surface area (TPSA) is 84.9 Å². The van der Waals surface area contributed by atoms with Crippen LogP contribution in [0.15, 0.2) is 42.7 Å². The number of hydrogen-bond acceptors (Lipinski definition) is 6. The summed E-state index contributed by atoms with van der Waals surface area (Å²) >= 11 is 12.2. The van der Waals surface area contributed by atoms with Crippen LogP contribution in [-0.4, -0.2) is 43.8 Å². The van der Waals surface area contributed by atoms with Crippen molar-refractivity contribution in [2.45, 2.75) is 25.4 Å². The number of nitrogens with one attached hydrogen (secondary N) is 1. The molecule has 0 unspecified atom stereocenters. The van der Waals surface area contributed by atoms with Crippen LogP contribution in [0.1, 0.15) is 18.4 Å². The van der Waals surface area contributed by atoms with Gasteiger partial charge in [-0.3, -0.25) is 4.90 Å². The fraction of sp³-hybridized carbons (Fsp3) is 0.316. The zero-order valence-electron chi connectivity index (χ0n) is 15.2. The van der Waals surface area contributed by atoms with Gasteiger partial charge in [-0.25, -0.2) is 4.68 Å². The van der Waals surface area contributed by atoms with Crippen LogP contribution in [0.5, 0.6) is 0 Å². The van der Waals surface area contributed by atoms with E-state index in [4.69, 9.17) is 28.9 Å².